The number of aliphatic hydroxyl groups excluding tert-OH is 2. The molecule has 240 valence electrons. The molecule has 1 unspecified atom stereocenters. The molecular weight excluding hydrogens is 568 g/mol. The number of ether oxygens (including phenoxy) is 3. The van der Waals surface area contributed by atoms with Crippen LogP contribution in [-0.4, -0.2) is 69.8 Å². The zero-order valence-electron chi connectivity index (χ0n) is 24.5. The van der Waals surface area contributed by atoms with Crippen molar-refractivity contribution in [3.05, 3.63) is 59.2 Å². The number of alkyl halides is 2. The smallest absolute Gasteiger partial charge is 0.412 e. The van der Waals surface area contributed by atoms with Crippen LogP contribution >= 0.6 is 0 Å². The third-order valence-corrected chi connectivity index (χ3v) is 6.48. The molecule has 13 heteroatoms. The van der Waals surface area contributed by atoms with E-state index < -0.39 is 48.7 Å². The average molecular weight is 612 g/mol. The average Bonchev–Trinajstić information content (AvgIpc) is 3.20. The molecule has 3 N–H and O–H groups in total. The Hall–Kier alpha value is -3.42. The summed E-state index contributed by atoms with van der Waals surface area (Å²) in [5, 5.41) is 20.8. The molecule has 0 saturated carbocycles. The normalized spacial score (nSPS) is 19.9. The maximum atomic E-state index is 14.3. The maximum Gasteiger partial charge on any atom is 0.412 e. The fraction of sp³-hybridized carbons (Fsp3) is 0.600. The Morgan fingerprint density at radius 1 is 1.05 bits per heavy atom. The van der Waals surface area contributed by atoms with Crippen molar-refractivity contribution < 1.29 is 42.8 Å². The van der Waals surface area contributed by atoms with Gasteiger partial charge in [-0.1, -0.05) is 62.6 Å². The first-order valence-corrected chi connectivity index (χ1v) is 14.7. The van der Waals surface area contributed by atoms with Gasteiger partial charge in [0.15, 0.2) is 6.10 Å². The minimum absolute atomic E-state index is 0.152. The highest BCUT2D eigenvalue weighted by atomic mass is 19.3. The molecule has 0 bridgehead atoms. The minimum Gasteiger partial charge on any atom is -0.462 e. The van der Waals surface area contributed by atoms with Crippen molar-refractivity contribution in [1.29, 1.82) is 0 Å². The maximum absolute atomic E-state index is 14.3. The summed E-state index contributed by atoms with van der Waals surface area (Å²) in [4.78, 5) is 39.5. The molecule has 1 aliphatic heterocycles. The number of esters is 1. The number of allylic oxidation sites excluding steroid dienone is 6. The van der Waals surface area contributed by atoms with E-state index in [4.69, 9.17) is 19.3 Å². The number of hydrogen-bond donors (Lipinski definition) is 3. The second-order valence-electron chi connectivity index (χ2n) is 9.91. The van der Waals surface area contributed by atoms with E-state index in [1.54, 1.807) is 0 Å². The van der Waals surface area contributed by atoms with E-state index in [9.17, 15) is 28.3 Å². The van der Waals surface area contributed by atoms with E-state index in [-0.39, 0.29) is 25.5 Å². The van der Waals surface area contributed by atoms with Crippen LogP contribution in [0.15, 0.2) is 53.5 Å². The van der Waals surface area contributed by atoms with Crippen LogP contribution in [0.1, 0.15) is 77.4 Å². The number of unbranched alkanes of at least 4 members (excludes halogenated alkanes) is 5. The molecular formula is C30H43F2N3O8. The van der Waals surface area contributed by atoms with Gasteiger partial charge in [-0.15, -0.1) is 0 Å². The predicted octanol–water partition coefficient (Wildman–Crippen LogP) is 4.81. The van der Waals surface area contributed by atoms with Crippen molar-refractivity contribution >= 4 is 17.9 Å². The van der Waals surface area contributed by atoms with Crippen LogP contribution in [0, 0.1) is 0 Å². The number of nitrogens with one attached hydrogen (secondary N) is 1. The summed E-state index contributed by atoms with van der Waals surface area (Å²) >= 11 is 0. The number of amides is 1. The number of carbonyl (C=O) groups is 2. The molecule has 0 radical (unpaired) electrons. The Morgan fingerprint density at radius 2 is 1.70 bits per heavy atom. The molecule has 0 aliphatic carbocycles. The lowest BCUT2D eigenvalue weighted by Gasteiger charge is -2.21. The number of hydrogen-bond acceptors (Lipinski definition) is 9. The summed E-state index contributed by atoms with van der Waals surface area (Å²) in [5.74, 6) is -4.52. The number of rotatable bonds is 19. The SMILES string of the molecule is CC/C=C\C/C=C\C/C=C\CCCCCCCC(=O)OCCOC(=O)Nc1ccn([C@@H]2O[C@H](CO)C(O)C2(F)F)c(=O)n1. The Kier molecular flexibility index (Phi) is 16.4. The minimum atomic E-state index is -3.86. The van der Waals surface area contributed by atoms with Crippen molar-refractivity contribution in [2.45, 2.75) is 95.5 Å². The van der Waals surface area contributed by atoms with E-state index in [1.807, 2.05) is 0 Å². The highest BCUT2D eigenvalue weighted by Gasteiger charge is 2.59. The first-order chi connectivity index (χ1) is 20.7. The van der Waals surface area contributed by atoms with Gasteiger partial charge in [-0.2, -0.15) is 13.8 Å². The monoisotopic (exact) mass is 611 g/mol. The summed E-state index contributed by atoms with van der Waals surface area (Å²) in [6.45, 7) is 0.859. The van der Waals surface area contributed by atoms with E-state index in [2.05, 4.69) is 53.7 Å². The second kappa shape index (κ2) is 19.7. The van der Waals surface area contributed by atoms with E-state index in [0.29, 0.717) is 11.0 Å². The lowest BCUT2D eigenvalue weighted by Crippen LogP contribution is -2.41. The van der Waals surface area contributed by atoms with Crippen molar-refractivity contribution in [3.8, 4) is 0 Å². The Morgan fingerprint density at radius 3 is 2.37 bits per heavy atom. The van der Waals surface area contributed by atoms with Gasteiger partial charge >= 0.3 is 23.7 Å². The summed E-state index contributed by atoms with van der Waals surface area (Å²) in [6, 6.07) is 1.06. The van der Waals surface area contributed by atoms with E-state index >= 15 is 0 Å². The molecule has 1 aliphatic rings. The molecule has 1 aromatic heterocycles. The quantitative estimate of drug-likeness (QED) is 0.114. The van der Waals surface area contributed by atoms with Gasteiger partial charge in [0.25, 0.3) is 0 Å². The molecule has 2 heterocycles. The van der Waals surface area contributed by atoms with Gasteiger partial charge in [-0.05, 0) is 44.6 Å². The van der Waals surface area contributed by atoms with Gasteiger partial charge < -0.3 is 24.4 Å². The van der Waals surface area contributed by atoms with Gasteiger partial charge in [0.1, 0.15) is 25.1 Å². The van der Waals surface area contributed by atoms with Gasteiger partial charge in [0.2, 0.25) is 6.23 Å². The second-order valence-corrected chi connectivity index (χ2v) is 9.91. The van der Waals surface area contributed by atoms with Crippen LogP contribution < -0.4 is 11.0 Å². The number of carbonyl (C=O) groups excluding carboxylic acids is 2. The molecule has 1 fully saturated rings. The molecule has 2 rings (SSSR count). The largest absolute Gasteiger partial charge is 0.462 e. The van der Waals surface area contributed by atoms with Gasteiger partial charge in [-0.3, -0.25) is 14.7 Å². The zero-order chi connectivity index (χ0) is 31.5. The highest BCUT2D eigenvalue weighted by molar-refractivity contribution is 5.83. The summed E-state index contributed by atoms with van der Waals surface area (Å²) in [6.07, 6.45) is 16.1. The fourth-order valence-corrected chi connectivity index (χ4v) is 4.17. The van der Waals surface area contributed by atoms with Crippen molar-refractivity contribution in [1.82, 2.24) is 9.55 Å². The Balaban J connectivity index is 1.53. The molecule has 1 saturated heterocycles. The first-order valence-electron chi connectivity index (χ1n) is 14.7. The molecule has 1 amide bonds. The van der Waals surface area contributed by atoms with Crippen LogP contribution in [-0.2, 0) is 19.0 Å². The summed E-state index contributed by atoms with van der Waals surface area (Å²) < 4.78 is 43.8. The predicted molar refractivity (Wildman–Crippen MR) is 156 cm³/mol. The third kappa shape index (κ3) is 12.8. The molecule has 11 nitrogen and oxygen atoms in total. The first kappa shape index (κ1) is 35.8. The number of anilines is 1. The van der Waals surface area contributed by atoms with Crippen LogP contribution in [0.5, 0.6) is 0 Å². The van der Waals surface area contributed by atoms with Crippen molar-refractivity contribution in [2.75, 3.05) is 25.1 Å². The van der Waals surface area contributed by atoms with E-state index in [0.717, 1.165) is 63.6 Å². The topological polar surface area (TPSA) is 149 Å². The number of nitrogens with zero attached hydrogens (tertiary/aromatic N) is 2. The molecule has 43 heavy (non-hydrogen) atoms. The van der Waals surface area contributed by atoms with Crippen LogP contribution in [0.25, 0.3) is 0 Å². The highest BCUT2D eigenvalue weighted by Crippen LogP contribution is 2.41. The lowest BCUT2D eigenvalue weighted by atomic mass is 10.1. The Labute approximate surface area is 250 Å². The Bertz CT molecular complexity index is 1140. The summed E-state index contributed by atoms with van der Waals surface area (Å²) in [5.41, 5.74) is -1.19. The summed E-state index contributed by atoms with van der Waals surface area (Å²) in [7, 11) is 0. The van der Waals surface area contributed by atoms with Gasteiger partial charge in [0.05, 0.1) is 6.61 Å². The van der Waals surface area contributed by atoms with Crippen LogP contribution in [0.3, 0.4) is 0 Å². The van der Waals surface area contributed by atoms with Crippen LogP contribution in [0.4, 0.5) is 19.4 Å². The number of halogens is 2. The zero-order valence-corrected chi connectivity index (χ0v) is 24.5. The van der Waals surface area contributed by atoms with Gasteiger partial charge in [0, 0.05) is 12.6 Å². The molecule has 0 spiro atoms. The lowest BCUT2D eigenvalue weighted by molar-refractivity contribution is -0.144. The fourth-order valence-electron chi connectivity index (χ4n) is 4.17. The van der Waals surface area contributed by atoms with Crippen LogP contribution in [0.2, 0.25) is 0 Å². The molecule has 0 aromatic carbocycles. The van der Waals surface area contributed by atoms with Crippen molar-refractivity contribution in [2.24, 2.45) is 0 Å². The van der Waals surface area contributed by atoms with Crippen molar-refractivity contribution in [3.63, 3.8) is 0 Å². The standard InChI is InChI=1S/C30H43F2N3O8/c1-2-3-4-5-6-7-8-9-10-11-12-13-14-15-16-17-25(37)41-20-21-42-29(40)34-24-18-19-35(28(39)33-24)27-30(31,32)26(38)23(22-36)43-27/h3-4,6-7,9-10,18-19,23,26-27,36,38H,2,5,8,11-17,20-22H2,1H3,(H,33,34,39,40)/b4-3-,7-6-,10-9-/t23-,26?,27-/m1/s1. The number of aromatic nitrogens is 2. The third-order valence-electron chi connectivity index (χ3n) is 6.48. The molecule has 3 atom stereocenters. The number of aliphatic hydroxyl groups is 2. The van der Waals surface area contributed by atoms with E-state index in [1.165, 1.54) is 0 Å². The molecule has 1 aromatic rings. The van der Waals surface area contributed by atoms with Gasteiger partial charge in [-0.25, -0.2) is 9.59 Å².